The van der Waals surface area contributed by atoms with Crippen LogP contribution in [0.4, 0.5) is 5.69 Å². The van der Waals surface area contributed by atoms with Crippen LogP contribution >= 0.6 is 0 Å². The van der Waals surface area contributed by atoms with Gasteiger partial charge in [0, 0.05) is 44.5 Å². The molecule has 31 heavy (non-hydrogen) atoms. The third kappa shape index (κ3) is 7.03. The van der Waals surface area contributed by atoms with E-state index < -0.39 is 0 Å². The summed E-state index contributed by atoms with van der Waals surface area (Å²) in [5.41, 5.74) is 2.19. The Morgan fingerprint density at radius 2 is 1.84 bits per heavy atom. The molecule has 0 radical (unpaired) electrons. The number of hydrogen-bond donors (Lipinski definition) is 1. The fourth-order valence-electron chi connectivity index (χ4n) is 3.68. The molecule has 0 unspecified atom stereocenters. The van der Waals surface area contributed by atoms with Crippen molar-refractivity contribution in [3.8, 4) is 11.5 Å². The highest BCUT2D eigenvalue weighted by Crippen LogP contribution is 2.28. The molecular weight excluding hydrogens is 390 g/mol. The van der Waals surface area contributed by atoms with Gasteiger partial charge in [-0.25, -0.2) is 0 Å². The molecule has 1 aliphatic rings. The molecule has 0 spiro atoms. The molecule has 6 nitrogen and oxygen atoms in total. The predicted molar refractivity (Wildman–Crippen MR) is 126 cm³/mol. The van der Waals surface area contributed by atoms with Gasteiger partial charge in [-0.1, -0.05) is 24.3 Å². The van der Waals surface area contributed by atoms with Gasteiger partial charge in [0.05, 0.1) is 13.7 Å². The highest BCUT2D eigenvalue weighted by atomic mass is 16.5. The van der Waals surface area contributed by atoms with Crippen LogP contribution in [0.25, 0.3) is 6.08 Å². The van der Waals surface area contributed by atoms with Gasteiger partial charge in [0.25, 0.3) is 0 Å². The van der Waals surface area contributed by atoms with E-state index in [1.54, 1.807) is 19.3 Å². The monoisotopic (exact) mass is 423 g/mol. The summed E-state index contributed by atoms with van der Waals surface area (Å²) in [6, 6.07) is 16.2. The molecule has 0 aromatic heterocycles. The second kappa shape index (κ2) is 12.0. The van der Waals surface area contributed by atoms with E-state index in [1.165, 1.54) is 5.69 Å². The summed E-state index contributed by atoms with van der Waals surface area (Å²) >= 11 is 0. The normalized spacial score (nSPS) is 14.6. The molecule has 0 saturated carbocycles. The summed E-state index contributed by atoms with van der Waals surface area (Å²) in [6.45, 7) is 8.40. The molecule has 2 aromatic carbocycles. The predicted octanol–water partition coefficient (Wildman–Crippen LogP) is 3.44. The van der Waals surface area contributed by atoms with Crippen LogP contribution in [0.3, 0.4) is 0 Å². The van der Waals surface area contributed by atoms with E-state index in [9.17, 15) is 4.79 Å². The van der Waals surface area contributed by atoms with Gasteiger partial charge in [0.2, 0.25) is 5.91 Å². The summed E-state index contributed by atoms with van der Waals surface area (Å²) in [5, 5.41) is 2.97. The Kier molecular flexibility index (Phi) is 8.79. The van der Waals surface area contributed by atoms with Gasteiger partial charge >= 0.3 is 0 Å². The first-order valence-corrected chi connectivity index (χ1v) is 11.0. The van der Waals surface area contributed by atoms with E-state index in [2.05, 4.69) is 45.4 Å². The Morgan fingerprint density at radius 3 is 2.55 bits per heavy atom. The van der Waals surface area contributed by atoms with E-state index >= 15 is 0 Å². The Morgan fingerprint density at radius 1 is 1.06 bits per heavy atom. The van der Waals surface area contributed by atoms with Gasteiger partial charge in [0.1, 0.15) is 0 Å². The molecule has 1 heterocycles. The van der Waals surface area contributed by atoms with Crippen molar-refractivity contribution >= 4 is 17.7 Å². The van der Waals surface area contributed by atoms with Crippen molar-refractivity contribution in [1.29, 1.82) is 0 Å². The topological polar surface area (TPSA) is 54.0 Å². The van der Waals surface area contributed by atoms with E-state index in [0.29, 0.717) is 24.7 Å². The first-order chi connectivity index (χ1) is 15.2. The third-order valence-electron chi connectivity index (χ3n) is 5.36. The Balaban J connectivity index is 1.34. The van der Waals surface area contributed by atoms with Gasteiger partial charge in [0.15, 0.2) is 11.5 Å². The molecule has 166 valence electrons. The van der Waals surface area contributed by atoms with Crippen LogP contribution in [0.2, 0.25) is 0 Å². The van der Waals surface area contributed by atoms with E-state index in [-0.39, 0.29) is 5.91 Å². The second-order valence-corrected chi connectivity index (χ2v) is 7.49. The minimum absolute atomic E-state index is 0.0817. The lowest BCUT2D eigenvalue weighted by molar-refractivity contribution is -0.116. The third-order valence-corrected chi connectivity index (χ3v) is 5.36. The summed E-state index contributed by atoms with van der Waals surface area (Å²) in [5.74, 6) is 1.29. The molecule has 0 aliphatic carbocycles. The number of methoxy groups -OCH3 is 1. The fraction of sp³-hybridized carbons (Fsp3) is 0.400. The lowest BCUT2D eigenvalue weighted by atomic mass is 10.2. The molecule has 2 aromatic rings. The van der Waals surface area contributed by atoms with Gasteiger partial charge in [-0.05, 0) is 55.8 Å². The molecule has 6 heteroatoms. The molecule has 1 amide bonds. The molecule has 0 bridgehead atoms. The van der Waals surface area contributed by atoms with Gasteiger partial charge in [-0.3, -0.25) is 9.69 Å². The van der Waals surface area contributed by atoms with Crippen molar-refractivity contribution < 1.29 is 14.3 Å². The fourth-order valence-corrected chi connectivity index (χ4v) is 3.68. The minimum Gasteiger partial charge on any atom is -0.493 e. The zero-order valence-corrected chi connectivity index (χ0v) is 18.5. The lowest BCUT2D eigenvalue weighted by Gasteiger charge is -2.36. The molecule has 1 fully saturated rings. The van der Waals surface area contributed by atoms with Crippen molar-refractivity contribution in [1.82, 2.24) is 10.2 Å². The summed E-state index contributed by atoms with van der Waals surface area (Å²) in [6.07, 6.45) is 4.30. The maximum Gasteiger partial charge on any atom is 0.243 e. The van der Waals surface area contributed by atoms with Crippen LogP contribution in [0.1, 0.15) is 18.9 Å². The number of nitrogens with one attached hydrogen (secondary N) is 1. The molecule has 3 rings (SSSR count). The maximum atomic E-state index is 12.1. The quantitative estimate of drug-likeness (QED) is 0.469. The van der Waals surface area contributed by atoms with Crippen molar-refractivity contribution in [3.63, 3.8) is 0 Å². The molecular formula is C25H33N3O3. The smallest absolute Gasteiger partial charge is 0.243 e. The number of benzene rings is 2. The van der Waals surface area contributed by atoms with E-state index in [4.69, 9.17) is 9.47 Å². The van der Waals surface area contributed by atoms with Crippen molar-refractivity contribution in [3.05, 3.63) is 60.2 Å². The van der Waals surface area contributed by atoms with Crippen molar-refractivity contribution in [2.24, 2.45) is 0 Å². The molecule has 1 aliphatic heterocycles. The number of carbonyl (C=O) groups excluding carboxylic acids is 1. The van der Waals surface area contributed by atoms with Crippen molar-refractivity contribution in [2.75, 3.05) is 57.9 Å². The average molecular weight is 424 g/mol. The number of nitrogens with zero attached hydrogens (tertiary/aromatic N) is 2. The standard InChI is InChI=1S/C25H33N3O3/c1-3-31-23-12-10-21(20-24(23)30-2)11-13-25(29)26-14-7-15-27-16-18-28(19-17-27)22-8-5-4-6-9-22/h4-6,8-13,20H,3,7,14-19H2,1-2H3,(H,26,29)/b13-11+. The van der Waals surface area contributed by atoms with Crippen LogP contribution in [-0.2, 0) is 4.79 Å². The minimum atomic E-state index is -0.0817. The van der Waals surface area contributed by atoms with E-state index in [1.807, 2.05) is 25.1 Å². The zero-order chi connectivity index (χ0) is 21.9. The summed E-state index contributed by atoms with van der Waals surface area (Å²) in [4.78, 5) is 17.0. The second-order valence-electron chi connectivity index (χ2n) is 7.49. The number of amides is 1. The van der Waals surface area contributed by atoms with Gasteiger partial charge in [-0.2, -0.15) is 0 Å². The number of ether oxygens (including phenoxy) is 2. The van der Waals surface area contributed by atoms with Gasteiger partial charge < -0.3 is 19.7 Å². The van der Waals surface area contributed by atoms with Crippen LogP contribution in [-0.4, -0.2) is 63.8 Å². The highest BCUT2D eigenvalue weighted by molar-refractivity contribution is 5.91. The zero-order valence-electron chi connectivity index (χ0n) is 18.5. The van der Waals surface area contributed by atoms with Crippen LogP contribution in [0.15, 0.2) is 54.6 Å². The molecule has 1 N–H and O–H groups in total. The van der Waals surface area contributed by atoms with Crippen molar-refractivity contribution in [2.45, 2.75) is 13.3 Å². The number of hydrogen-bond acceptors (Lipinski definition) is 5. The summed E-state index contributed by atoms with van der Waals surface area (Å²) in [7, 11) is 1.61. The molecule has 1 saturated heterocycles. The first kappa shape index (κ1) is 22.7. The largest absolute Gasteiger partial charge is 0.493 e. The van der Waals surface area contributed by atoms with Crippen LogP contribution < -0.4 is 19.7 Å². The molecule has 0 atom stereocenters. The van der Waals surface area contributed by atoms with Crippen LogP contribution in [0, 0.1) is 0 Å². The lowest BCUT2D eigenvalue weighted by Crippen LogP contribution is -2.47. The summed E-state index contributed by atoms with van der Waals surface area (Å²) < 4.78 is 10.9. The number of para-hydroxylation sites is 1. The highest BCUT2D eigenvalue weighted by Gasteiger charge is 2.16. The van der Waals surface area contributed by atoms with Crippen LogP contribution in [0.5, 0.6) is 11.5 Å². The SMILES string of the molecule is CCOc1ccc(/C=C/C(=O)NCCCN2CCN(c3ccccc3)CC2)cc1OC. The maximum absolute atomic E-state index is 12.1. The first-order valence-electron chi connectivity index (χ1n) is 11.0. The average Bonchev–Trinajstić information content (AvgIpc) is 2.82. The number of rotatable bonds is 10. The Hall–Kier alpha value is -2.99. The Labute approximate surface area is 185 Å². The number of piperazine rings is 1. The van der Waals surface area contributed by atoms with E-state index in [0.717, 1.165) is 44.7 Å². The Bertz CT molecular complexity index is 846. The number of anilines is 1. The number of carbonyl (C=O) groups is 1. The van der Waals surface area contributed by atoms with Gasteiger partial charge in [-0.15, -0.1) is 0 Å².